The number of aryl methyl sites for hydroxylation is 1. The largest absolute Gasteiger partial charge is 0.366 e. The van der Waals surface area contributed by atoms with Crippen molar-refractivity contribution in [1.82, 2.24) is 5.32 Å². The Hall–Kier alpha value is -1.59. The highest BCUT2D eigenvalue weighted by Gasteiger charge is 2.49. The Morgan fingerprint density at radius 3 is 2.87 bits per heavy atom. The molecule has 5 nitrogen and oxygen atoms in total. The van der Waals surface area contributed by atoms with E-state index in [2.05, 4.69) is 10.6 Å². The monoisotopic (exact) mass is 337 g/mol. The maximum absolute atomic E-state index is 12.9. The number of nitrogens with one attached hydrogen (secondary N) is 2. The topological polar surface area (TPSA) is 84.2 Å². The van der Waals surface area contributed by atoms with Crippen LogP contribution in [0.3, 0.4) is 0 Å². The zero-order valence-corrected chi connectivity index (χ0v) is 14.2. The molecule has 1 heterocycles. The first-order chi connectivity index (χ1) is 10.5. The number of hydrogen-bond donors (Lipinski definition) is 3. The van der Waals surface area contributed by atoms with Crippen LogP contribution < -0.4 is 16.4 Å². The number of carbonyl (C=O) groups is 2. The summed E-state index contributed by atoms with van der Waals surface area (Å²) in [4.78, 5) is 24.3. The Labute approximate surface area is 142 Å². The molecule has 6 heteroatoms. The molecule has 4 N–H and O–H groups in total. The van der Waals surface area contributed by atoms with Gasteiger partial charge in [0.15, 0.2) is 0 Å². The molecule has 2 amide bonds. The van der Waals surface area contributed by atoms with Crippen LogP contribution in [0.5, 0.6) is 0 Å². The molecule has 1 saturated heterocycles. The number of halogens is 1. The summed E-state index contributed by atoms with van der Waals surface area (Å²) in [6, 6.07) is 5.18. The Bertz CT molecular complexity index is 620. The van der Waals surface area contributed by atoms with Gasteiger partial charge in [-0.05, 0) is 49.9 Å². The zero-order chi connectivity index (χ0) is 15.7. The number of anilines is 1. The van der Waals surface area contributed by atoms with Crippen molar-refractivity contribution < 1.29 is 9.59 Å². The molecule has 0 radical (unpaired) electrons. The van der Waals surface area contributed by atoms with Gasteiger partial charge in [0, 0.05) is 17.8 Å². The van der Waals surface area contributed by atoms with E-state index in [1.165, 1.54) is 6.42 Å². The first-order valence-electron chi connectivity index (χ1n) is 7.95. The lowest BCUT2D eigenvalue weighted by Crippen LogP contribution is -2.44. The molecule has 1 aliphatic carbocycles. The number of benzene rings is 1. The number of rotatable bonds is 3. The van der Waals surface area contributed by atoms with Crippen molar-refractivity contribution in [2.45, 2.75) is 32.6 Å². The fraction of sp³-hybridized carbons (Fsp3) is 0.529. The summed E-state index contributed by atoms with van der Waals surface area (Å²) in [7, 11) is 0. The van der Waals surface area contributed by atoms with Gasteiger partial charge in [-0.15, -0.1) is 12.4 Å². The molecular weight excluding hydrogens is 314 g/mol. The van der Waals surface area contributed by atoms with Crippen molar-refractivity contribution in [3.05, 3.63) is 29.3 Å². The van der Waals surface area contributed by atoms with Crippen LogP contribution in [-0.4, -0.2) is 24.9 Å². The van der Waals surface area contributed by atoms with Crippen LogP contribution in [0.2, 0.25) is 0 Å². The normalized spacial score (nSPS) is 26.0. The van der Waals surface area contributed by atoms with Gasteiger partial charge < -0.3 is 16.4 Å². The Balaban J connectivity index is 0.00000192. The van der Waals surface area contributed by atoms with Crippen LogP contribution in [0.4, 0.5) is 5.69 Å². The molecule has 2 atom stereocenters. The van der Waals surface area contributed by atoms with Gasteiger partial charge in [-0.3, -0.25) is 9.59 Å². The van der Waals surface area contributed by atoms with Gasteiger partial charge in [0.2, 0.25) is 11.8 Å². The van der Waals surface area contributed by atoms with Crippen molar-refractivity contribution in [3.8, 4) is 0 Å². The van der Waals surface area contributed by atoms with Crippen LogP contribution >= 0.6 is 12.4 Å². The van der Waals surface area contributed by atoms with Gasteiger partial charge in [0.1, 0.15) is 0 Å². The smallest absolute Gasteiger partial charge is 0.248 e. The quantitative estimate of drug-likeness (QED) is 0.790. The molecule has 1 aromatic carbocycles. The number of fused-ring (bicyclic) bond motifs is 1. The Morgan fingerprint density at radius 2 is 2.13 bits per heavy atom. The minimum Gasteiger partial charge on any atom is -0.366 e. The molecule has 2 aliphatic rings. The summed E-state index contributed by atoms with van der Waals surface area (Å²) in [5.74, 6) is 0.0135. The maximum Gasteiger partial charge on any atom is 0.248 e. The lowest BCUT2D eigenvalue weighted by Gasteiger charge is -2.37. The van der Waals surface area contributed by atoms with E-state index in [4.69, 9.17) is 5.73 Å². The fourth-order valence-electron chi connectivity index (χ4n) is 3.85. The highest BCUT2D eigenvalue weighted by Crippen LogP contribution is 2.44. The SMILES string of the molecule is Cc1ccc(C(N)=O)cc1NC(=O)[C@@]12CCCC[C@H]1CNC2.Cl. The van der Waals surface area contributed by atoms with Crippen molar-refractivity contribution in [1.29, 1.82) is 0 Å². The Kier molecular flexibility index (Phi) is 5.32. The number of primary amides is 1. The van der Waals surface area contributed by atoms with Gasteiger partial charge >= 0.3 is 0 Å². The van der Waals surface area contributed by atoms with E-state index < -0.39 is 5.91 Å². The van der Waals surface area contributed by atoms with Crippen LogP contribution in [0, 0.1) is 18.3 Å². The van der Waals surface area contributed by atoms with Gasteiger partial charge in [-0.1, -0.05) is 18.9 Å². The number of amides is 2. The maximum atomic E-state index is 12.9. The van der Waals surface area contributed by atoms with Gasteiger partial charge in [-0.25, -0.2) is 0 Å². The van der Waals surface area contributed by atoms with Crippen molar-refractivity contribution in [2.24, 2.45) is 17.1 Å². The number of hydrogen-bond acceptors (Lipinski definition) is 3. The molecule has 2 fully saturated rings. The molecule has 1 aromatic rings. The summed E-state index contributed by atoms with van der Waals surface area (Å²) in [6.07, 6.45) is 4.36. The molecule has 23 heavy (non-hydrogen) atoms. The highest BCUT2D eigenvalue weighted by atomic mass is 35.5. The molecule has 3 rings (SSSR count). The third-order valence-electron chi connectivity index (χ3n) is 5.26. The predicted octanol–water partition coefficient (Wildman–Crippen LogP) is 2.23. The van der Waals surface area contributed by atoms with Crippen LogP contribution in [0.25, 0.3) is 0 Å². The third-order valence-corrected chi connectivity index (χ3v) is 5.26. The van der Waals surface area contributed by atoms with Crippen LogP contribution in [0.1, 0.15) is 41.6 Å². The number of nitrogens with two attached hydrogens (primary N) is 1. The summed E-state index contributed by atoms with van der Waals surface area (Å²) >= 11 is 0. The average molecular weight is 338 g/mol. The van der Waals surface area contributed by atoms with E-state index in [0.717, 1.165) is 37.9 Å². The van der Waals surface area contributed by atoms with Crippen molar-refractivity contribution in [3.63, 3.8) is 0 Å². The summed E-state index contributed by atoms with van der Waals surface area (Å²) in [6.45, 7) is 3.59. The Morgan fingerprint density at radius 1 is 1.35 bits per heavy atom. The minimum atomic E-state index is -0.480. The molecule has 0 aromatic heterocycles. The van der Waals surface area contributed by atoms with Gasteiger partial charge in [-0.2, -0.15) is 0 Å². The molecule has 126 valence electrons. The van der Waals surface area contributed by atoms with Crippen molar-refractivity contribution >= 4 is 29.9 Å². The standard InChI is InChI=1S/C17H23N3O2.ClH/c1-11-5-6-12(15(18)21)8-14(11)20-16(22)17-7-3-2-4-13(17)9-19-10-17;/h5-6,8,13,19H,2-4,7,9-10H2,1H3,(H2,18,21)(H,20,22);1H/t13-,17+;/m0./s1. The molecular formula is C17H24ClN3O2. The minimum absolute atomic E-state index is 0. The first kappa shape index (κ1) is 17.8. The second kappa shape index (κ2) is 6.89. The highest BCUT2D eigenvalue weighted by molar-refractivity contribution is 5.99. The first-order valence-corrected chi connectivity index (χ1v) is 7.95. The molecule has 0 unspecified atom stereocenters. The fourth-order valence-corrected chi connectivity index (χ4v) is 3.85. The number of carbonyl (C=O) groups excluding carboxylic acids is 2. The molecule has 0 bridgehead atoms. The van der Waals surface area contributed by atoms with E-state index in [1.54, 1.807) is 12.1 Å². The van der Waals surface area contributed by atoms with Crippen LogP contribution in [-0.2, 0) is 4.79 Å². The van der Waals surface area contributed by atoms with E-state index in [1.807, 2.05) is 13.0 Å². The summed E-state index contributed by atoms with van der Waals surface area (Å²) < 4.78 is 0. The zero-order valence-electron chi connectivity index (χ0n) is 13.4. The molecule has 1 aliphatic heterocycles. The second-order valence-electron chi connectivity index (χ2n) is 6.58. The summed E-state index contributed by atoms with van der Waals surface area (Å²) in [5, 5.41) is 6.43. The third kappa shape index (κ3) is 3.21. The molecule has 0 spiro atoms. The predicted molar refractivity (Wildman–Crippen MR) is 92.8 cm³/mol. The lowest BCUT2D eigenvalue weighted by molar-refractivity contribution is -0.128. The lowest BCUT2D eigenvalue weighted by atomic mass is 9.67. The van der Waals surface area contributed by atoms with E-state index in [0.29, 0.717) is 17.2 Å². The van der Waals surface area contributed by atoms with Gasteiger partial charge in [0.05, 0.1) is 5.41 Å². The van der Waals surface area contributed by atoms with E-state index in [9.17, 15) is 9.59 Å². The summed E-state index contributed by atoms with van der Waals surface area (Å²) in [5.41, 5.74) is 7.08. The second-order valence-corrected chi connectivity index (χ2v) is 6.58. The van der Waals surface area contributed by atoms with Gasteiger partial charge in [0.25, 0.3) is 0 Å². The van der Waals surface area contributed by atoms with Crippen molar-refractivity contribution in [2.75, 3.05) is 18.4 Å². The van der Waals surface area contributed by atoms with E-state index in [-0.39, 0.29) is 23.7 Å². The average Bonchev–Trinajstić information content (AvgIpc) is 2.94. The van der Waals surface area contributed by atoms with Crippen LogP contribution in [0.15, 0.2) is 18.2 Å². The molecule has 1 saturated carbocycles. The van der Waals surface area contributed by atoms with E-state index >= 15 is 0 Å².